The first kappa shape index (κ1) is 17.2. The van der Waals surface area contributed by atoms with Crippen LogP contribution >= 0.6 is 11.6 Å². The summed E-state index contributed by atoms with van der Waals surface area (Å²) >= 11 is 6.20. The Kier molecular flexibility index (Phi) is 5.00. The first-order chi connectivity index (χ1) is 12.7. The van der Waals surface area contributed by atoms with Gasteiger partial charge in [0, 0.05) is 47.0 Å². The second-order valence-corrected chi connectivity index (χ2v) is 7.03. The molecule has 1 fully saturated rings. The summed E-state index contributed by atoms with van der Waals surface area (Å²) in [5.41, 5.74) is 3.64. The molecule has 6 heteroatoms. The molecule has 26 heavy (non-hydrogen) atoms. The summed E-state index contributed by atoms with van der Waals surface area (Å²) in [5.74, 6) is 0.959. The maximum absolute atomic E-state index is 12.4. The lowest BCUT2D eigenvalue weighted by Crippen LogP contribution is -2.27. The van der Waals surface area contributed by atoms with E-state index in [1.165, 1.54) is 0 Å². The molecule has 2 heterocycles. The SMILES string of the molecule is O=C(c1ccc(NCc2cc(Cl)cc3c2OCOC3)cc1)N1CCCC1. The monoisotopic (exact) mass is 372 g/mol. The fraction of sp³-hybridized carbons (Fsp3) is 0.350. The minimum Gasteiger partial charge on any atom is -0.467 e. The molecule has 5 nitrogen and oxygen atoms in total. The minimum atomic E-state index is 0.117. The highest BCUT2D eigenvalue weighted by Gasteiger charge is 2.19. The number of ether oxygens (including phenoxy) is 2. The number of rotatable bonds is 4. The van der Waals surface area contributed by atoms with Crippen molar-refractivity contribution in [3.63, 3.8) is 0 Å². The Labute approximate surface area is 157 Å². The Morgan fingerprint density at radius 1 is 1.15 bits per heavy atom. The number of hydrogen-bond donors (Lipinski definition) is 1. The van der Waals surface area contributed by atoms with Crippen molar-refractivity contribution >= 4 is 23.2 Å². The van der Waals surface area contributed by atoms with Gasteiger partial charge in [-0.2, -0.15) is 0 Å². The van der Waals surface area contributed by atoms with Crippen LogP contribution in [0.3, 0.4) is 0 Å². The van der Waals surface area contributed by atoms with Crippen LogP contribution in [0.4, 0.5) is 5.69 Å². The maximum atomic E-state index is 12.4. The van der Waals surface area contributed by atoms with Gasteiger partial charge in [-0.15, -0.1) is 0 Å². The summed E-state index contributed by atoms with van der Waals surface area (Å²) in [4.78, 5) is 14.3. The average molecular weight is 373 g/mol. The van der Waals surface area contributed by atoms with Crippen molar-refractivity contribution in [1.82, 2.24) is 4.90 Å². The number of carbonyl (C=O) groups excluding carboxylic acids is 1. The van der Waals surface area contributed by atoms with Gasteiger partial charge in [0.15, 0.2) is 6.79 Å². The number of likely N-dealkylation sites (tertiary alicyclic amines) is 1. The van der Waals surface area contributed by atoms with E-state index in [0.29, 0.717) is 18.2 Å². The third-order valence-corrected chi connectivity index (χ3v) is 4.98. The maximum Gasteiger partial charge on any atom is 0.253 e. The first-order valence-electron chi connectivity index (χ1n) is 8.86. The van der Waals surface area contributed by atoms with Crippen molar-refractivity contribution in [1.29, 1.82) is 0 Å². The predicted octanol–water partition coefficient (Wildman–Crippen LogP) is 4.05. The van der Waals surface area contributed by atoms with Gasteiger partial charge in [0.1, 0.15) is 5.75 Å². The van der Waals surface area contributed by atoms with Crippen LogP contribution in [0.25, 0.3) is 0 Å². The third-order valence-electron chi connectivity index (χ3n) is 4.76. The van der Waals surface area contributed by atoms with Gasteiger partial charge in [-0.05, 0) is 49.2 Å². The summed E-state index contributed by atoms with van der Waals surface area (Å²) in [5, 5.41) is 4.04. The Balaban J connectivity index is 1.44. The highest BCUT2D eigenvalue weighted by Crippen LogP contribution is 2.32. The van der Waals surface area contributed by atoms with Crippen LogP contribution in [0.1, 0.15) is 34.3 Å². The van der Waals surface area contributed by atoms with Gasteiger partial charge < -0.3 is 19.7 Å². The van der Waals surface area contributed by atoms with E-state index in [1.807, 2.05) is 41.3 Å². The molecule has 2 aliphatic heterocycles. The van der Waals surface area contributed by atoms with E-state index in [4.69, 9.17) is 21.1 Å². The molecule has 1 amide bonds. The standard InChI is InChI=1S/C20H21ClN2O3/c21-17-9-15(19-16(10-17)12-25-13-26-19)11-22-18-5-3-14(4-6-18)20(24)23-7-1-2-8-23/h3-6,9-10,22H,1-2,7-8,11-13H2. The van der Waals surface area contributed by atoms with Crippen molar-refractivity contribution < 1.29 is 14.3 Å². The van der Waals surface area contributed by atoms with Crippen LogP contribution in [-0.4, -0.2) is 30.7 Å². The fourth-order valence-electron chi connectivity index (χ4n) is 3.42. The number of fused-ring (bicyclic) bond motifs is 1. The average Bonchev–Trinajstić information content (AvgIpc) is 3.20. The molecule has 1 saturated heterocycles. The topological polar surface area (TPSA) is 50.8 Å². The van der Waals surface area contributed by atoms with Crippen LogP contribution in [0, 0.1) is 0 Å². The highest BCUT2D eigenvalue weighted by atomic mass is 35.5. The number of halogens is 1. The molecule has 2 aromatic rings. The van der Waals surface area contributed by atoms with E-state index in [1.54, 1.807) is 0 Å². The minimum absolute atomic E-state index is 0.117. The third kappa shape index (κ3) is 3.64. The van der Waals surface area contributed by atoms with Crippen LogP contribution in [0.5, 0.6) is 5.75 Å². The second kappa shape index (κ2) is 7.56. The van der Waals surface area contributed by atoms with Gasteiger partial charge in [0.2, 0.25) is 0 Å². The molecule has 2 aromatic carbocycles. The van der Waals surface area contributed by atoms with Crippen molar-refractivity contribution in [2.75, 3.05) is 25.2 Å². The van der Waals surface area contributed by atoms with Crippen LogP contribution in [0.15, 0.2) is 36.4 Å². The van der Waals surface area contributed by atoms with Crippen LogP contribution < -0.4 is 10.1 Å². The number of anilines is 1. The molecular formula is C20H21ClN2O3. The molecule has 0 saturated carbocycles. The number of nitrogens with zero attached hydrogens (tertiary/aromatic N) is 1. The zero-order valence-electron chi connectivity index (χ0n) is 14.5. The molecule has 0 unspecified atom stereocenters. The Morgan fingerprint density at radius 3 is 2.69 bits per heavy atom. The van der Waals surface area contributed by atoms with Crippen molar-refractivity contribution in [2.24, 2.45) is 0 Å². The molecule has 4 rings (SSSR count). The number of benzene rings is 2. The molecule has 2 aliphatic rings. The summed E-state index contributed by atoms with van der Waals surface area (Å²) < 4.78 is 10.9. The number of carbonyl (C=O) groups is 1. The predicted molar refractivity (Wildman–Crippen MR) is 101 cm³/mol. The van der Waals surface area contributed by atoms with Gasteiger partial charge >= 0.3 is 0 Å². The van der Waals surface area contributed by atoms with E-state index >= 15 is 0 Å². The largest absolute Gasteiger partial charge is 0.467 e. The van der Waals surface area contributed by atoms with Gasteiger partial charge in [-0.3, -0.25) is 4.79 Å². The lowest BCUT2D eigenvalue weighted by molar-refractivity contribution is -0.0169. The summed E-state index contributed by atoms with van der Waals surface area (Å²) in [7, 11) is 0. The van der Waals surface area contributed by atoms with Gasteiger partial charge in [-0.1, -0.05) is 11.6 Å². The fourth-order valence-corrected chi connectivity index (χ4v) is 3.68. The molecule has 136 valence electrons. The van der Waals surface area contributed by atoms with E-state index in [2.05, 4.69) is 5.32 Å². The van der Waals surface area contributed by atoms with Crippen LogP contribution in [0.2, 0.25) is 5.02 Å². The van der Waals surface area contributed by atoms with E-state index < -0.39 is 0 Å². The molecule has 0 atom stereocenters. The van der Waals surface area contributed by atoms with E-state index in [0.717, 1.165) is 54.1 Å². The summed E-state index contributed by atoms with van der Waals surface area (Å²) in [6, 6.07) is 11.4. The van der Waals surface area contributed by atoms with Gasteiger partial charge in [0.25, 0.3) is 5.91 Å². The van der Waals surface area contributed by atoms with Crippen molar-refractivity contribution in [3.05, 3.63) is 58.1 Å². The smallest absolute Gasteiger partial charge is 0.253 e. The first-order valence-corrected chi connectivity index (χ1v) is 9.23. The Morgan fingerprint density at radius 2 is 1.92 bits per heavy atom. The molecule has 0 aliphatic carbocycles. The molecule has 0 spiro atoms. The zero-order chi connectivity index (χ0) is 17.9. The van der Waals surface area contributed by atoms with Crippen molar-refractivity contribution in [2.45, 2.75) is 26.0 Å². The number of hydrogen-bond acceptors (Lipinski definition) is 4. The molecule has 0 radical (unpaired) electrons. The quantitative estimate of drug-likeness (QED) is 0.879. The highest BCUT2D eigenvalue weighted by molar-refractivity contribution is 6.30. The van der Waals surface area contributed by atoms with Crippen molar-refractivity contribution in [3.8, 4) is 5.75 Å². The summed E-state index contributed by atoms with van der Waals surface area (Å²) in [6.07, 6.45) is 2.20. The number of nitrogens with one attached hydrogen (secondary N) is 1. The lowest BCUT2D eigenvalue weighted by atomic mass is 10.1. The second-order valence-electron chi connectivity index (χ2n) is 6.59. The Hall–Kier alpha value is -2.24. The van der Waals surface area contributed by atoms with Gasteiger partial charge in [-0.25, -0.2) is 0 Å². The summed E-state index contributed by atoms with van der Waals surface area (Å²) in [6.45, 7) is 3.08. The molecule has 0 bridgehead atoms. The molecule has 0 aromatic heterocycles. The Bertz CT molecular complexity index is 801. The molecule has 1 N–H and O–H groups in total. The van der Waals surface area contributed by atoms with Crippen LogP contribution in [-0.2, 0) is 17.9 Å². The zero-order valence-corrected chi connectivity index (χ0v) is 15.2. The molecular weight excluding hydrogens is 352 g/mol. The normalized spacial score (nSPS) is 16.1. The number of amides is 1. The van der Waals surface area contributed by atoms with E-state index in [9.17, 15) is 4.79 Å². The lowest BCUT2D eigenvalue weighted by Gasteiger charge is -2.21. The van der Waals surface area contributed by atoms with E-state index in [-0.39, 0.29) is 12.7 Å². The van der Waals surface area contributed by atoms with Gasteiger partial charge in [0.05, 0.1) is 6.61 Å².